The molecule has 1 atom stereocenters. The predicted molar refractivity (Wildman–Crippen MR) is 48.0 cm³/mol. The summed E-state index contributed by atoms with van der Waals surface area (Å²) in [5.74, 6) is -1.21. The fourth-order valence-electron chi connectivity index (χ4n) is 1.08. The van der Waals surface area contributed by atoms with E-state index in [1.165, 1.54) is 0 Å². The van der Waals surface area contributed by atoms with Crippen LogP contribution >= 0.6 is 11.1 Å². The van der Waals surface area contributed by atoms with E-state index in [-0.39, 0.29) is 12.5 Å². The summed E-state index contributed by atoms with van der Waals surface area (Å²) >= 11 is 5.85. The minimum Gasteiger partial charge on any atom is -0.171 e. The molecule has 0 aromatic heterocycles. The van der Waals surface area contributed by atoms with Gasteiger partial charge in [0.2, 0.25) is 0 Å². The third-order valence-electron chi connectivity index (χ3n) is 1.69. The molecule has 0 radical (unpaired) electrons. The van der Waals surface area contributed by atoms with Gasteiger partial charge in [-0.25, -0.2) is 0 Å². The maximum Gasteiger partial charge on any atom is 0.391 e. The molecule has 74 valence electrons. The summed E-state index contributed by atoms with van der Waals surface area (Å²) in [6.45, 7) is 5.03. The molecule has 5 heteroatoms. The van der Waals surface area contributed by atoms with E-state index in [1.807, 2.05) is 0 Å². The van der Waals surface area contributed by atoms with Crippen LogP contribution in [0, 0.1) is 5.92 Å². The monoisotopic (exact) mass is 218 g/mol. The van der Waals surface area contributed by atoms with Crippen molar-refractivity contribution in [2.24, 2.45) is 5.92 Å². The smallest absolute Gasteiger partial charge is 0.171 e. The predicted octanol–water partition coefficient (Wildman–Crippen LogP) is 4.02. The van der Waals surface area contributed by atoms with Gasteiger partial charge in [-0.2, -0.15) is 24.3 Å². The zero-order valence-electron chi connectivity index (χ0n) is 7.50. The van der Waals surface area contributed by atoms with E-state index >= 15 is 0 Å². The number of rotatable bonds is 3. The van der Waals surface area contributed by atoms with Crippen LogP contribution in [-0.2, 0) is 0 Å². The second kappa shape index (κ2) is 4.00. The molecule has 0 spiro atoms. The second-order valence-electron chi connectivity index (χ2n) is 3.57. The Labute approximate surface area is 76.8 Å². The Morgan fingerprint density at radius 1 is 1.33 bits per heavy atom. The highest BCUT2D eigenvalue weighted by Gasteiger charge is 2.41. The summed E-state index contributed by atoms with van der Waals surface area (Å²) in [6.07, 6.45) is -3.94. The Bertz CT molecular complexity index is 139. The first-order valence-corrected chi connectivity index (χ1v) is 8.14. The topological polar surface area (TPSA) is 0 Å². The van der Waals surface area contributed by atoms with Crippen LogP contribution in [0.4, 0.5) is 13.2 Å². The Kier molecular flexibility index (Phi) is 4.10. The molecule has 1 unspecified atom stereocenters. The molecule has 0 fully saturated rings. The van der Waals surface area contributed by atoms with Gasteiger partial charge in [0.1, 0.15) is 0 Å². The van der Waals surface area contributed by atoms with E-state index in [4.69, 9.17) is 11.1 Å². The lowest BCUT2D eigenvalue weighted by Gasteiger charge is -2.23. The van der Waals surface area contributed by atoms with Gasteiger partial charge in [-0.3, -0.25) is 0 Å². The number of alkyl halides is 3. The molecule has 0 nitrogen and oxygen atoms in total. The molecule has 0 N–H and O–H groups in total. The first-order valence-electron chi connectivity index (χ1n) is 3.92. The van der Waals surface area contributed by atoms with Gasteiger partial charge in [0.05, 0.1) is 5.92 Å². The molecule has 0 aliphatic rings. The van der Waals surface area contributed by atoms with E-state index < -0.39 is 19.5 Å². The van der Waals surface area contributed by atoms with E-state index in [9.17, 15) is 13.2 Å². The number of hydrogen-bond donors (Lipinski definition) is 0. The maximum absolute atomic E-state index is 12.2. The lowest BCUT2D eigenvalue weighted by Crippen LogP contribution is -2.30. The van der Waals surface area contributed by atoms with Crippen LogP contribution in [0.15, 0.2) is 0 Å². The molecule has 0 aliphatic carbocycles. The van der Waals surface area contributed by atoms with Gasteiger partial charge in [-0.05, 0) is 12.5 Å². The first kappa shape index (κ1) is 12.3. The molecule has 0 heterocycles. The van der Waals surface area contributed by atoms with Crippen LogP contribution in [0.1, 0.15) is 13.3 Å². The molecule has 12 heavy (non-hydrogen) atoms. The Hall–Kier alpha value is 0.297. The highest BCUT2D eigenvalue weighted by molar-refractivity contribution is 7.19. The van der Waals surface area contributed by atoms with Crippen LogP contribution < -0.4 is 0 Å². The Morgan fingerprint density at radius 3 is 1.83 bits per heavy atom. The molecule has 0 bridgehead atoms. The van der Waals surface area contributed by atoms with Crippen molar-refractivity contribution in [2.45, 2.75) is 38.7 Å². The van der Waals surface area contributed by atoms with Crippen molar-refractivity contribution in [3.63, 3.8) is 0 Å². The molecule has 0 saturated carbocycles. The van der Waals surface area contributed by atoms with Crippen LogP contribution in [0.5, 0.6) is 0 Å². The lowest BCUT2D eigenvalue weighted by molar-refractivity contribution is -0.170. The molecular formula is C7H14ClF3Si. The summed E-state index contributed by atoms with van der Waals surface area (Å²) < 4.78 is 36.6. The van der Waals surface area contributed by atoms with Crippen molar-refractivity contribution >= 4 is 18.5 Å². The van der Waals surface area contributed by atoms with Gasteiger partial charge in [0, 0.05) is 0 Å². The van der Waals surface area contributed by atoms with Gasteiger partial charge >= 0.3 is 6.18 Å². The SMILES string of the molecule is CCC(C[Si](C)(C)Cl)C(F)(F)F. The normalized spacial score (nSPS) is 16.2. The van der Waals surface area contributed by atoms with Gasteiger partial charge in [0.25, 0.3) is 0 Å². The standard InChI is InChI=1S/C7H14ClF3Si/c1-4-6(7(9,10)11)5-12(2,3)8/h6H,4-5H2,1-3H3. The van der Waals surface area contributed by atoms with Crippen molar-refractivity contribution in [3.8, 4) is 0 Å². The van der Waals surface area contributed by atoms with E-state index in [1.54, 1.807) is 20.0 Å². The summed E-state index contributed by atoms with van der Waals surface area (Å²) in [7, 11) is -2.10. The zero-order chi connectivity index (χ0) is 9.99. The lowest BCUT2D eigenvalue weighted by atomic mass is 10.1. The Morgan fingerprint density at radius 2 is 1.75 bits per heavy atom. The highest BCUT2D eigenvalue weighted by Crippen LogP contribution is 2.36. The minimum absolute atomic E-state index is 0.120. The average molecular weight is 219 g/mol. The molecule has 0 aromatic carbocycles. The van der Waals surface area contributed by atoms with E-state index in [0.29, 0.717) is 0 Å². The molecule has 0 aliphatic heterocycles. The fraction of sp³-hybridized carbons (Fsp3) is 1.00. The number of hydrogen-bond acceptors (Lipinski definition) is 0. The van der Waals surface area contributed by atoms with Crippen molar-refractivity contribution < 1.29 is 13.2 Å². The Balaban J connectivity index is 4.20. The zero-order valence-corrected chi connectivity index (χ0v) is 9.26. The molecule has 0 saturated heterocycles. The number of halogens is 4. The maximum atomic E-state index is 12.2. The summed E-state index contributed by atoms with van der Waals surface area (Å²) in [6, 6.07) is 0.120. The largest absolute Gasteiger partial charge is 0.391 e. The second-order valence-corrected chi connectivity index (χ2v) is 10.5. The van der Waals surface area contributed by atoms with Crippen LogP contribution in [0.25, 0.3) is 0 Å². The van der Waals surface area contributed by atoms with Crippen LogP contribution in [0.3, 0.4) is 0 Å². The van der Waals surface area contributed by atoms with Crippen molar-refractivity contribution in [2.75, 3.05) is 0 Å². The summed E-state index contributed by atoms with van der Waals surface area (Å²) in [5.41, 5.74) is 0. The van der Waals surface area contributed by atoms with Crippen molar-refractivity contribution in [1.29, 1.82) is 0 Å². The van der Waals surface area contributed by atoms with Gasteiger partial charge in [-0.1, -0.05) is 20.0 Å². The van der Waals surface area contributed by atoms with Crippen molar-refractivity contribution in [1.82, 2.24) is 0 Å². The third-order valence-corrected chi connectivity index (χ3v) is 3.61. The van der Waals surface area contributed by atoms with Gasteiger partial charge < -0.3 is 0 Å². The van der Waals surface area contributed by atoms with E-state index in [2.05, 4.69) is 0 Å². The van der Waals surface area contributed by atoms with E-state index in [0.717, 1.165) is 0 Å². The fourth-order valence-corrected chi connectivity index (χ4v) is 3.33. The van der Waals surface area contributed by atoms with Gasteiger partial charge in [0.15, 0.2) is 7.38 Å². The van der Waals surface area contributed by atoms with Crippen LogP contribution in [-0.4, -0.2) is 13.6 Å². The average Bonchev–Trinajstić information content (AvgIpc) is 1.78. The van der Waals surface area contributed by atoms with Crippen molar-refractivity contribution in [3.05, 3.63) is 0 Å². The molecule has 0 rings (SSSR count). The summed E-state index contributed by atoms with van der Waals surface area (Å²) in [5, 5.41) is 0. The van der Waals surface area contributed by atoms with Gasteiger partial charge in [-0.15, -0.1) is 0 Å². The molecule has 0 aromatic rings. The highest BCUT2D eigenvalue weighted by atomic mass is 35.6. The third kappa shape index (κ3) is 5.03. The molecule has 0 amide bonds. The molecular weight excluding hydrogens is 205 g/mol. The first-order chi connectivity index (χ1) is 5.17. The quantitative estimate of drug-likeness (QED) is 0.496. The minimum atomic E-state index is -4.08. The van der Waals surface area contributed by atoms with Crippen LogP contribution in [0.2, 0.25) is 19.1 Å². The summed E-state index contributed by atoms with van der Waals surface area (Å²) in [4.78, 5) is 0.